The van der Waals surface area contributed by atoms with E-state index in [4.69, 9.17) is 11.6 Å². The monoisotopic (exact) mass is 256 g/mol. The molecule has 0 spiro atoms. The fourth-order valence-electron chi connectivity index (χ4n) is 1.23. The summed E-state index contributed by atoms with van der Waals surface area (Å²) in [5.74, 6) is 0. The average Bonchev–Trinajstić information content (AvgIpc) is 2.15. The van der Waals surface area contributed by atoms with E-state index >= 15 is 0 Å². The molecule has 0 unspecified atom stereocenters. The topological polar surface area (TPSA) is 25.8 Å². The Kier molecular flexibility index (Phi) is 2.22. The number of fused-ring (bicyclic) bond motifs is 1. The number of pyridine rings is 2. The van der Waals surface area contributed by atoms with Crippen LogP contribution in [0.2, 0.25) is 5.15 Å². The second kappa shape index (κ2) is 3.24. The van der Waals surface area contributed by atoms with E-state index in [1.165, 1.54) is 0 Å². The molecule has 0 fully saturated rings. The lowest BCUT2D eigenvalue weighted by molar-refractivity contribution is 1.21. The fraction of sp³-hybridized carbons (Fsp3) is 0.111. The molecule has 0 aromatic carbocycles. The number of halogens is 2. The van der Waals surface area contributed by atoms with Crippen molar-refractivity contribution in [3.63, 3.8) is 0 Å². The molecule has 2 rings (SSSR count). The number of nitrogens with zero attached hydrogens (tertiary/aromatic N) is 2. The lowest BCUT2D eigenvalue weighted by Gasteiger charge is -2.03. The second-order valence-electron chi connectivity index (χ2n) is 2.70. The zero-order chi connectivity index (χ0) is 9.42. The summed E-state index contributed by atoms with van der Waals surface area (Å²) >= 11 is 9.25. The van der Waals surface area contributed by atoms with Gasteiger partial charge in [-0.15, -0.1) is 0 Å². The van der Waals surface area contributed by atoms with Crippen LogP contribution in [0.4, 0.5) is 0 Å². The van der Waals surface area contributed by atoms with Crippen molar-refractivity contribution in [2.45, 2.75) is 6.92 Å². The van der Waals surface area contributed by atoms with Gasteiger partial charge in [-0.2, -0.15) is 0 Å². The molecular weight excluding hydrogens is 251 g/mol. The van der Waals surface area contributed by atoms with Crippen LogP contribution in [-0.4, -0.2) is 9.97 Å². The van der Waals surface area contributed by atoms with Gasteiger partial charge in [0.2, 0.25) is 0 Å². The average molecular weight is 258 g/mol. The summed E-state index contributed by atoms with van der Waals surface area (Å²) in [6, 6.07) is 3.86. The van der Waals surface area contributed by atoms with Gasteiger partial charge in [-0.25, -0.2) is 4.98 Å². The molecule has 0 saturated heterocycles. The summed E-state index contributed by atoms with van der Waals surface area (Å²) in [5, 5.41) is 1.49. The highest BCUT2D eigenvalue weighted by atomic mass is 79.9. The van der Waals surface area contributed by atoms with Crippen molar-refractivity contribution >= 4 is 38.4 Å². The van der Waals surface area contributed by atoms with E-state index in [0.717, 1.165) is 21.1 Å². The lowest BCUT2D eigenvalue weighted by atomic mass is 10.2. The van der Waals surface area contributed by atoms with E-state index in [1.54, 1.807) is 6.20 Å². The van der Waals surface area contributed by atoms with E-state index in [9.17, 15) is 0 Å². The van der Waals surface area contributed by atoms with Crippen molar-refractivity contribution in [1.82, 2.24) is 9.97 Å². The third kappa shape index (κ3) is 1.42. The molecule has 0 N–H and O–H groups in total. The van der Waals surface area contributed by atoms with E-state index in [2.05, 4.69) is 25.9 Å². The Balaban J connectivity index is 2.97. The maximum Gasteiger partial charge on any atom is 0.145 e. The van der Waals surface area contributed by atoms with Crippen LogP contribution in [-0.2, 0) is 0 Å². The molecule has 0 atom stereocenters. The first-order valence-corrected chi connectivity index (χ1v) is 4.93. The molecule has 2 heterocycles. The van der Waals surface area contributed by atoms with Gasteiger partial charge in [-0.3, -0.25) is 4.98 Å². The maximum atomic E-state index is 5.89. The maximum absolute atomic E-state index is 5.89. The van der Waals surface area contributed by atoms with Gasteiger partial charge in [-0.1, -0.05) is 11.6 Å². The molecule has 2 aromatic heterocycles. The Labute approximate surface area is 89.1 Å². The molecule has 2 nitrogen and oxygen atoms in total. The van der Waals surface area contributed by atoms with E-state index in [-0.39, 0.29) is 0 Å². The highest BCUT2D eigenvalue weighted by molar-refractivity contribution is 9.10. The molecule has 4 heteroatoms. The summed E-state index contributed by atoms with van der Waals surface area (Å²) in [6.07, 6.45) is 1.74. The van der Waals surface area contributed by atoms with Gasteiger partial charge >= 0.3 is 0 Å². The molecule has 0 amide bonds. The second-order valence-corrected chi connectivity index (χ2v) is 3.85. The van der Waals surface area contributed by atoms with Crippen molar-refractivity contribution in [1.29, 1.82) is 0 Å². The van der Waals surface area contributed by atoms with Gasteiger partial charge in [0.1, 0.15) is 5.15 Å². The molecule has 66 valence electrons. The summed E-state index contributed by atoms with van der Waals surface area (Å²) < 4.78 is 0.760. The Morgan fingerprint density at radius 3 is 3.00 bits per heavy atom. The predicted octanol–water partition coefficient (Wildman–Crippen LogP) is 3.35. The zero-order valence-corrected chi connectivity index (χ0v) is 9.22. The van der Waals surface area contributed by atoms with Crippen molar-refractivity contribution in [3.05, 3.63) is 33.6 Å². The van der Waals surface area contributed by atoms with E-state index in [0.29, 0.717) is 5.15 Å². The van der Waals surface area contributed by atoms with Crippen molar-refractivity contribution < 1.29 is 0 Å². The smallest absolute Gasteiger partial charge is 0.145 e. The van der Waals surface area contributed by atoms with Crippen LogP contribution in [0.3, 0.4) is 0 Å². The fourth-order valence-corrected chi connectivity index (χ4v) is 1.85. The molecule has 0 saturated carbocycles. The largest absolute Gasteiger partial charge is 0.255 e. The third-order valence-electron chi connectivity index (χ3n) is 1.85. The van der Waals surface area contributed by atoms with Gasteiger partial charge in [-0.05, 0) is 35.0 Å². The van der Waals surface area contributed by atoms with E-state index in [1.807, 2.05) is 19.1 Å². The normalized spacial score (nSPS) is 10.7. The van der Waals surface area contributed by atoms with Crippen LogP contribution in [0.5, 0.6) is 0 Å². The van der Waals surface area contributed by atoms with Gasteiger partial charge in [0.05, 0.1) is 9.99 Å². The molecule has 0 radical (unpaired) electrons. The quantitative estimate of drug-likeness (QED) is 0.676. The third-order valence-corrected chi connectivity index (χ3v) is 3.11. The minimum absolute atomic E-state index is 0.462. The number of hydrogen-bond acceptors (Lipinski definition) is 2. The first kappa shape index (κ1) is 8.91. The van der Waals surface area contributed by atoms with Gasteiger partial charge in [0.25, 0.3) is 0 Å². The number of hydrogen-bond donors (Lipinski definition) is 0. The lowest BCUT2D eigenvalue weighted by Crippen LogP contribution is -1.89. The Morgan fingerprint density at radius 1 is 1.46 bits per heavy atom. The van der Waals surface area contributed by atoms with Crippen molar-refractivity contribution in [3.8, 4) is 0 Å². The van der Waals surface area contributed by atoms with Gasteiger partial charge < -0.3 is 0 Å². The van der Waals surface area contributed by atoms with Crippen molar-refractivity contribution in [2.75, 3.05) is 0 Å². The Hall–Kier alpha value is -0.670. The molecule has 0 aliphatic carbocycles. The highest BCUT2D eigenvalue weighted by Gasteiger charge is 2.07. The summed E-state index contributed by atoms with van der Waals surface area (Å²) in [6.45, 7) is 1.92. The van der Waals surface area contributed by atoms with Crippen LogP contribution in [0.25, 0.3) is 10.9 Å². The van der Waals surface area contributed by atoms with Crippen LogP contribution in [0.1, 0.15) is 5.69 Å². The minimum Gasteiger partial charge on any atom is -0.255 e. The highest BCUT2D eigenvalue weighted by Crippen LogP contribution is 2.29. The van der Waals surface area contributed by atoms with Crippen LogP contribution >= 0.6 is 27.5 Å². The number of aryl methyl sites for hydroxylation is 1. The summed E-state index contributed by atoms with van der Waals surface area (Å²) in [5.41, 5.74) is 1.76. The zero-order valence-electron chi connectivity index (χ0n) is 6.88. The Morgan fingerprint density at radius 2 is 2.23 bits per heavy atom. The molecular formula is C9H6BrClN2. The number of rotatable bonds is 0. The first-order valence-electron chi connectivity index (χ1n) is 3.76. The SMILES string of the molecule is Cc1nc(Cl)c(Br)c2ncccc12. The van der Waals surface area contributed by atoms with Crippen molar-refractivity contribution in [2.24, 2.45) is 0 Å². The van der Waals surface area contributed by atoms with Gasteiger partial charge in [0, 0.05) is 17.3 Å². The predicted molar refractivity (Wildman–Crippen MR) is 57.0 cm³/mol. The molecule has 0 aliphatic rings. The van der Waals surface area contributed by atoms with Crippen LogP contribution in [0.15, 0.2) is 22.8 Å². The first-order chi connectivity index (χ1) is 6.20. The minimum atomic E-state index is 0.462. The molecule has 13 heavy (non-hydrogen) atoms. The standard InChI is InChI=1S/C9H6BrClN2/c1-5-6-3-2-4-12-8(6)7(10)9(11)13-5/h2-4H,1H3. The molecule has 0 aliphatic heterocycles. The number of aromatic nitrogens is 2. The van der Waals surface area contributed by atoms with Crippen LogP contribution in [0, 0.1) is 6.92 Å². The van der Waals surface area contributed by atoms with E-state index < -0.39 is 0 Å². The molecule has 0 bridgehead atoms. The summed E-state index contributed by atoms with van der Waals surface area (Å²) in [7, 11) is 0. The van der Waals surface area contributed by atoms with Crippen LogP contribution < -0.4 is 0 Å². The molecule has 2 aromatic rings. The Bertz CT molecular complexity index is 470. The summed E-state index contributed by atoms with van der Waals surface area (Å²) in [4.78, 5) is 8.41. The van der Waals surface area contributed by atoms with Gasteiger partial charge in [0.15, 0.2) is 0 Å².